The standard InChI is InChI=1S/C26H40N4O2/c1-19-22-10-7-14-29(18-20-12-16-32-17-13-20)25(22)28-24(27-19)23-11-5-6-15-30(23)26(31)21-8-3-2-4-9-21/h20-21,23H,2-18H2,1H3/t23-/m0/s1. The molecule has 1 aromatic rings. The smallest absolute Gasteiger partial charge is 0.226 e. The summed E-state index contributed by atoms with van der Waals surface area (Å²) >= 11 is 0. The lowest BCUT2D eigenvalue weighted by Gasteiger charge is -2.39. The summed E-state index contributed by atoms with van der Waals surface area (Å²) in [6.07, 6.45) is 13.6. The molecule has 6 nitrogen and oxygen atoms in total. The van der Waals surface area contributed by atoms with Crippen molar-refractivity contribution in [3.05, 3.63) is 17.1 Å². The average molecular weight is 441 g/mol. The van der Waals surface area contributed by atoms with Crippen LogP contribution in [0.3, 0.4) is 0 Å². The van der Waals surface area contributed by atoms with Gasteiger partial charge in [-0.2, -0.15) is 0 Å². The molecule has 4 heterocycles. The van der Waals surface area contributed by atoms with Gasteiger partial charge in [-0.15, -0.1) is 0 Å². The number of rotatable bonds is 4. The third kappa shape index (κ3) is 4.66. The van der Waals surface area contributed by atoms with Gasteiger partial charge in [-0.1, -0.05) is 19.3 Å². The number of fused-ring (bicyclic) bond motifs is 1. The molecular formula is C26H40N4O2. The van der Waals surface area contributed by atoms with E-state index in [0.717, 1.165) is 102 Å². The molecule has 0 aromatic carbocycles. The van der Waals surface area contributed by atoms with Crippen molar-refractivity contribution in [2.45, 2.75) is 90.0 Å². The van der Waals surface area contributed by atoms with Crippen LogP contribution in [0.5, 0.6) is 0 Å². The Balaban J connectivity index is 1.40. The number of carbonyl (C=O) groups is 1. The Kier molecular flexibility index (Phi) is 6.96. The number of anilines is 1. The summed E-state index contributed by atoms with van der Waals surface area (Å²) < 4.78 is 5.58. The molecule has 0 unspecified atom stereocenters. The highest BCUT2D eigenvalue weighted by atomic mass is 16.5. The second kappa shape index (κ2) is 10.1. The molecule has 1 aromatic heterocycles. The van der Waals surface area contributed by atoms with Crippen LogP contribution < -0.4 is 4.90 Å². The quantitative estimate of drug-likeness (QED) is 0.685. The Morgan fingerprint density at radius 1 is 0.938 bits per heavy atom. The van der Waals surface area contributed by atoms with E-state index in [-0.39, 0.29) is 12.0 Å². The number of amides is 1. The first-order valence-corrected chi connectivity index (χ1v) is 13.2. The van der Waals surface area contributed by atoms with E-state index >= 15 is 0 Å². The van der Waals surface area contributed by atoms with Gasteiger partial charge in [0, 0.05) is 50.0 Å². The largest absolute Gasteiger partial charge is 0.381 e. The lowest BCUT2D eigenvalue weighted by atomic mass is 9.87. The number of nitrogens with zero attached hydrogens (tertiary/aromatic N) is 4. The second-order valence-electron chi connectivity index (χ2n) is 10.5. The summed E-state index contributed by atoms with van der Waals surface area (Å²) in [6, 6.07) is 0.0500. The van der Waals surface area contributed by atoms with E-state index in [1.54, 1.807) is 0 Å². The minimum atomic E-state index is 0.0500. The number of hydrogen-bond acceptors (Lipinski definition) is 5. The maximum absolute atomic E-state index is 13.5. The molecule has 2 saturated heterocycles. The van der Waals surface area contributed by atoms with Crippen molar-refractivity contribution >= 4 is 11.7 Å². The lowest BCUT2D eigenvalue weighted by molar-refractivity contribution is -0.140. The summed E-state index contributed by atoms with van der Waals surface area (Å²) in [7, 11) is 0. The van der Waals surface area contributed by atoms with Gasteiger partial charge in [-0.3, -0.25) is 4.79 Å². The van der Waals surface area contributed by atoms with Crippen molar-refractivity contribution in [2.24, 2.45) is 11.8 Å². The molecule has 1 aliphatic carbocycles. The normalized spacial score (nSPS) is 25.6. The van der Waals surface area contributed by atoms with Gasteiger partial charge in [0.15, 0.2) is 5.82 Å². The zero-order valence-corrected chi connectivity index (χ0v) is 19.9. The van der Waals surface area contributed by atoms with E-state index in [0.29, 0.717) is 11.8 Å². The first-order valence-electron chi connectivity index (χ1n) is 13.2. The minimum Gasteiger partial charge on any atom is -0.381 e. The third-order valence-corrected chi connectivity index (χ3v) is 8.22. The van der Waals surface area contributed by atoms with Gasteiger partial charge < -0.3 is 14.5 Å². The summed E-state index contributed by atoms with van der Waals surface area (Å²) in [6.45, 7) is 6.94. The van der Waals surface area contributed by atoms with Crippen LogP contribution in [0.15, 0.2) is 0 Å². The molecule has 5 rings (SSSR count). The van der Waals surface area contributed by atoms with Gasteiger partial charge in [0.2, 0.25) is 5.91 Å². The van der Waals surface area contributed by atoms with E-state index in [1.807, 2.05) is 0 Å². The Hall–Kier alpha value is -1.69. The highest BCUT2D eigenvalue weighted by Crippen LogP contribution is 2.36. The van der Waals surface area contributed by atoms with Crippen LogP contribution in [0.2, 0.25) is 0 Å². The number of aryl methyl sites for hydroxylation is 1. The van der Waals surface area contributed by atoms with Crippen molar-refractivity contribution in [1.29, 1.82) is 0 Å². The number of likely N-dealkylation sites (tertiary alicyclic amines) is 1. The molecule has 32 heavy (non-hydrogen) atoms. The van der Waals surface area contributed by atoms with Crippen LogP contribution >= 0.6 is 0 Å². The van der Waals surface area contributed by atoms with Crippen LogP contribution in [-0.2, 0) is 16.0 Å². The van der Waals surface area contributed by atoms with Crippen molar-refractivity contribution in [3.8, 4) is 0 Å². The zero-order chi connectivity index (χ0) is 21.9. The number of hydrogen-bond donors (Lipinski definition) is 0. The molecule has 0 spiro atoms. The van der Waals surface area contributed by atoms with Gasteiger partial charge in [-0.05, 0) is 70.6 Å². The van der Waals surface area contributed by atoms with E-state index in [9.17, 15) is 4.79 Å². The molecule has 1 amide bonds. The molecule has 176 valence electrons. The Morgan fingerprint density at radius 2 is 1.72 bits per heavy atom. The highest BCUT2D eigenvalue weighted by Gasteiger charge is 2.35. The minimum absolute atomic E-state index is 0.0500. The maximum Gasteiger partial charge on any atom is 0.226 e. The molecule has 1 saturated carbocycles. The molecule has 0 N–H and O–H groups in total. The van der Waals surface area contributed by atoms with E-state index < -0.39 is 0 Å². The fourth-order valence-electron chi connectivity index (χ4n) is 6.32. The second-order valence-corrected chi connectivity index (χ2v) is 10.5. The van der Waals surface area contributed by atoms with E-state index in [4.69, 9.17) is 14.7 Å². The zero-order valence-electron chi connectivity index (χ0n) is 19.9. The first kappa shape index (κ1) is 22.1. The first-order chi connectivity index (χ1) is 15.7. The third-order valence-electron chi connectivity index (χ3n) is 8.22. The lowest BCUT2D eigenvalue weighted by Crippen LogP contribution is -2.43. The van der Waals surface area contributed by atoms with Crippen molar-refractivity contribution < 1.29 is 9.53 Å². The molecule has 0 radical (unpaired) electrons. The van der Waals surface area contributed by atoms with Crippen LogP contribution in [-0.4, -0.2) is 53.6 Å². The summed E-state index contributed by atoms with van der Waals surface area (Å²) in [5.74, 6) is 3.32. The fourth-order valence-corrected chi connectivity index (χ4v) is 6.32. The number of ether oxygens (including phenoxy) is 1. The number of carbonyl (C=O) groups excluding carboxylic acids is 1. The Labute approximate surface area is 193 Å². The van der Waals surface area contributed by atoms with Crippen LogP contribution in [0.4, 0.5) is 5.82 Å². The molecular weight excluding hydrogens is 400 g/mol. The maximum atomic E-state index is 13.5. The van der Waals surface area contributed by atoms with Crippen molar-refractivity contribution in [2.75, 3.05) is 37.7 Å². The van der Waals surface area contributed by atoms with Crippen LogP contribution in [0.25, 0.3) is 0 Å². The molecule has 3 aliphatic heterocycles. The SMILES string of the molecule is Cc1nc([C@@H]2CCCCN2C(=O)C2CCCCC2)nc2c1CCCN2CC1CCOCC1. The molecule has 3 fully saturated rings. The Morgan fingerprint density at radius 3 is 2.53 bits per heavy atom. The molecule has 0 bridgehead atoms. The Bertz CT molecular complexity index is 801. The van der Waals surface area contributed by atoms with Crippen molar-refractivity contribution in [1.82, 2.24) is 14.9 Å². The molecule has 6 heteroatoms. The fraction of sp³-hybridized carbons (Fsp3) is 0.808. The average Bonchev–Trinajstić information content (AvgIpc) is 2.85. The van der Waals surface area contributed by atoms with Crippen molar-refractivity contribution in [3.63, 3.8) is 0 Å². The summed E-state index contributed by atoms with van der Waals surface area (Å²) in [5.41, 5.74) is 2.45. The molecule has 1 atom stereocenters. The predicted octanol–water partition coefficient (Wildman–Crippen LogP) is 4.60. The van der Waals surface area contributed by atoms with Crippen LogP contribution in [0, 0.1) is 18.8 Å². The number of piperidine rings is 1. The number of aromatic nitrogens is 2. The van der Waals surface area contributed by atoms with E-state index in [1.165, 1.54) is 31.2 Å². The monoisotopic (exact) mass is 440 g/mol. The van der Waals surface area contributed by atoms with Gasteiger partial charge in [0.1, 0.15) is 5.82 Å². The topological polar surface area (TPSA) is 58.6 Å². The summed E-state index contributed by atoms with van der Waals surface area (Å²) in [5, 5.41) is 0. The molecule has 4 aliphatic rings. The highest BCUT2D eigenvalue weighted by molar-refractivity contribution is 5.79. The predicted molar refractivity (Wildman–Crippen MR) is 126 cm³/mol. The van der Waals surface area contributed by atoms with Crippen LogP contribution in [0.1, 0.15) is 93.8 Å². The van der Waals surface area contributed by atoms with Gasteiger partial charge >= 0.3 is 0 Å². The van der Waals surface area contributed by atoms with Gasteiger partial charge in [-0.25, -0.2) is 9.97 Å². The van der Waals surface area contributed by atoms with Gasteiger partial charge in [0.05, 0.1) is 6.04 Å². The van der Waals surface area contributed by atoms with Gasteiger partial charge in [0.25, 0.3) is 0 Å². The van der Waals surface area contributed by atoms with E-state index in [2.05, 4.69) is 16.7 Å². The summed E-state index contributed by atoms with van der Waals surface area (Å²) in [4.78, 5) is 28.4.